The SMILES string of the molecule is CC1CC(O)(c2ccc(F)cc2F)CN1C1CC1. The molecule has 2 nitrogen and oxygen atoms in total. The lowest BCUT2D eigenvalue weighted by Gasteiger charge is -2.24. The molecule has 0 spiro atoms. The van der Waals surface area contributed by atoms with Crippen LogP contribution in [0.5, 0.6) is 0 Å². The summed E-state index contributed by atoms with van der Waals surface area (Å²) < 4.78 is 26.7. The van der Waals surface area contributed by atoms with E-state index in [0.29, 0.717) is 19.0 Å². The molecular weight excluding hydrogens is 236 g/mol. The molecule has 0 radical (unpaired) electrons. The molecule has 18 heavy (non-hydrogen) atoms. The molecule has 0 amide bonds. The number of halogens is 2. The summed E-state index contributed by atoms with van der Waals surface area (Å²) in [6.45, 7) is 2.50. The first-order chi connectivity index (χ1) is 8.49. The number of likely N-dealkylation sites (tertiary alicyclic amines) is 1. The van der Waals surface area contributed by atoms with Crippen molar-refractivity contribution in [3.05, 3.63) is 35.4 Å². The molecule has 2 fully saturated rings. The van der Waals surface area contributed by atoms with Crippen LogP contribution in [0.2, 0.25) is 0 Å². The number of benzene rings is 1. The highest BCUT2D eigenvalue weighted by atomic mass is 19.1. The van der Waals surface area contributed by atoms with E-state index >= 15 is 0 Å². The van der Waals surface area contributed by atoms with Crippen molar-refractivity contribution < 1.29 is 13.9 Å². The summed E-state index contributed by atoms with van der Waals surface area (Å²) in [5, 5.41) is 10.6. The van der Waals surface area contributed by atoms with E-state index < -0.39 is 17.2 Å². The van der Waals surface area contributed by atoms with Crippen molar-refractivity contribution in [2.75, 3.05) is 6.54 Å². The molecule has 1 aromatic carbocycles. The second-order valence-corrected chi connectivity index (χ2v) is 5.61. The summed E-state index contributed by atoms with van der Waals surface area (Å²) in [5.74, 6) is -1.26. The Morgan fingerprint density at radius 3 is 2.67 bits per heavy atom. The molecule has 2 atom stereocenters. The largest absolute Gasteiger partial charge is 0.384 e. The molecule has 1 aromatic rings. The average molecular weight is 253 g/mol. The van der Waals surface area contributed by atoms with E-state index in [4.69, 9.17) is 0 Å². The first-order valence-electron chi connectivity index (χ1n) is 6.43. The molecule has 0 bridgehead atoms. The molecule has 98 valence electrons. The van der Waals surface area contributed by atoms with Gasteiger partial charge in [0.25, 0.3) is 0 Å². The third-order valence-electron chi connectivity index (χ3n) is 4.09. The van der Waals surface area contributed by atoms with Crippen LogP contribution in [0.4, 0.5) is 8.78 Å². The van der Waals surface area contributed by atoms with Gasteiger partial charge in [-0.15, -0.1) is 0 Å². The standard InChI is InChI=1S/C14H17F2NO/c1-9-7-14(18,8-17(9)11-3-4-11)12-5-2-10(15)6-13(12)16/h2,5-6,9,11,18H,3-4,7-8H2,1H3. The quantitative estimate of drug-likeness (QED) is 0.875. The van der Waals surface area contributed by atoms with Gasteiger partial charge in [0, 0.05) is 30.3 Å². The number of rotatable bonds is 2. The van der Waals surface area contributed by atoms with Gasteiger partial charge in [-0.25, -0.2) is 8.78 Å². The van der Waals surface area contributed by atoms with Crippen molar-refractivity contribution >= 4 is 0 Å². The maximum absolute atomic E-state index is 13.8. The van der Waals surface area contributed by atoms with Crippen molar-refractivity contribution in [1.82, 2.24) is 4.90 Å². The summed E-state index contributed by atoms with van der Waals surface area (Å²) in [6.07, 6.45) is 2.82. The van der Waals surface area contributed by atoms with Crippen LogP contribution in [0.1, 0.15) is 31.7 Å². The normalized spacial score (nSPS) is 33.0. The van der Waals surface area contributed by atoms with E-state index in [1.54, 1.807) is 0 Å². The van der Waals surface area contributed by atoms with Gasteiger partial charge in [0.15, 0.2) is 0 Å². The molecule has 1 saturated heterocycles. The fourth-order valence-corrected chi connectivity index (χ4v) is 3.09. The van der Waals surface area contributed by atoms with Gasteiger partial charge in [-0.1, -0.05) is 6.07 Å². The van der Waals surface area contributed by atoms with Crippen molar-refractivity contribution in [2.24, 2.45) is 0 Å². The summed E-state index contributed by atoms with van der Waals surface area (Å²) in [4.78, 5) is 2.24. The topological polar surface area (TPSA) is 23.5 Å². The average Bonchev–Trinajstić information content (AvgIpc) is 3.05. The van der Waals surface area contributed by atoms with Gasteiger partial charge in [0.05, 0.1) is 0 Å². The van der Waals surface area contributed by atoms with Crippen molar-refractivity contribution in [1.29, 1.82) is 0 Å². The van der Waals surface area contributed by atoms with E-state index in [9.17, 15) is 13.9 Å². The maximum atomic E-state index is 13.8. The van der Waals surface area contributed by atoms with Gasteiger partial charge in [-0.2, -0.15) is 0 Å². The minimum Gasteiger partial charge on any atom is -0.384 e. The Bertz CT molecular complexity index is 475. The van der Waals surface area contributed by atoms with Crippen molar-refractivity contribution in [3.63, 3.8) is 0 Å². The predicted molar refractivity (Wildman–Crippen MR) is 64.1 cm³/mol. The number of β-amino-alcohol motifs (C(OH)–C–C–N with tert-alkyl or cyclic N) is 1. The van der Waals surface area contributed by atoms with Gasteiger partial charge in [-0.3, -0.25) is 4.90 Å². The molecule has 1 saturated carbocycles. The van der Waals surface area contributed by atoms with Crippen LogP contribution < -0.4 is 0 Å². The number of hydrogen-bond acceptors (Lipinski definition) is 2. The summed E-state index contributed by atoms with van der Waals surface area (Å²) >= 11 is 0. The van der Waals surface area contributed by atoms with E-state index in [1.807, 2.05) is 0 Å². The van der Waals surface area contributed by atoms with E-state index in [2.05, 4.69) is 11.8 Å². The van der Waals surface area contributed by atoms with Crippen LogP contribution >= 0.6 is 0 Å². The molecule has 3 rings (SSSR count). The van der Waals surface area contributed by atoms with E-state index in [1.165, 1.54) is 12.1 Å². The highest BCUT2D eigenvalue weighted by Crippen LogP contribution is 2.42. The molecule has 2 aliphatic rings. The van der Waals surface area contributed by atoms with Crippen molar-refractivity contribution in [2.45, 2.75) is 43.9 Å². The van der Waals surface area contributed by atoms with E-state index in [0.717, 1.165) is 18.9 Å². The third-order valence-corrected chi connectivity index (χ3v) is 4.09. The molecule has 4 heteroatoms. The fraction of sp³-hybridized carbons (Fsp3) is 0.571. The summed E-state index contributed by atoms with van der Waals surface area (Å²) in [7, 11) is 0. The zero-order valence-corrected chi connectivity index (χ0v) is 10.4. The Morgan fingerprint density at radius 2 is 2.06 bits per heavy atom. The lowest BCUT2D eigenvalue weighted by atomic mass is 9.91. The molecule has 1 heterocycles. The number of aliphatic hydroxyl groups is 1. The molecular formula is C14H17F2NO. The van der Waals surface area contributed by atoms with Crippen LogP contribution in [0.25, 0.3) is 0 Å². The zero-order chi connectivity index (χ0) is 12.9. The highest BCUT2D eigenvalue weighted by Gasteiger charge is 2.47. The van der Waals surface area contributed by atoms with Crippen LogP contribution in [0.3, 0.4) is 0 Å². The first kappa shape index (κ1) is 12.1. The second kappa shape index (κ2) is 4.00. The molecule has 0 aromatic heterocycles. The number of hydrogen-bond donors (Lipinski definition) is 1. The van der Waals surface area contributed by atoms with Crippen LogP contribution in [-0.4, -0.2) is 28.6 Å². The molecule has 2 unspecified atom stereocenters. The zero-order valence-electron chi connectivity index (χ0n) is 10.4. The lowest BCUT2D eigenvalue weighted by molar-refractivity contribution is 0.0415. The minimum atomic E-state index is -1.18. The third kappa shape index (κ3) is 1.93. The molecule has 1 aliphatic heterocycles. The molecule has 1 N–H and O–H groups in total. The van der Waals surface area contributed by atoms with Gasteiger partial charge in [-0.05, 0) is 32.3 Å². The molecule has 1 aliphatic carbocycles. The van der Waals surface area contributed by atoms with Crippen LogP contribution in [0, 0.1) is 11.6 Å². The summed E-state index contributed by atoms with van der Waals surface area (Å²) in [6, 6.07) is 4.20. The van der Waals surface area contributed by atoms with Crippen LogP contribution in [-0.2, 0) is 5.60 Å². The fourth-order valence-electron chi connectivity index (χ4n) is 3.09. The van der Waals surface area contributed by atoms with Gasteiger partial charge >= 0.3 is 0 Å². The smallest absolute Gasteiger partial charge is 0.132 e. The Balaban J connectivity index is 1.90. The minimum absolute atomic E-state index is 0.221. The Morgan fingerprint density at radius 1 is 1.33 bits per heavy atom. The monoisotopic (exact) mass is 253 g/mol. The number of nitrogens with zero attached hydrogens (tertiary/aromatic N) is 1. The second-order valence-electron chi connectivity index (χ2n) is 5.61. The Labute approximate surface area is 105 Å². The Kier molecular flexibility index (Phi) is 2.68. The van der Waals surface area contributed by atoms with Gasteiger partial charge < -0.3 is 5.11 Å². The Hall–Kier alpha value is -1.00. The van der Waals surface area contributed by atoms with Gasteiger partial charge in [0.1, 0.15) is 17.2 Å². The predicted octanol–water partition coefficient (Wildman–Crippen LogP) is 2.41. The first-order valence-corrected chi connectivity index (χ1v) is 6.43. The lowest BCUT2D eigenvalue weighted by Crippen LogP contribution is -2.33. The highest BCUT2D eigenvalue weighted by molar-refractivity contribution is 5.27. The van der Waals surface area contributed by atoms with Gasteiger partial charge in [0.2, 0.25) is 0 Å². The van der Waals surface area contributed by atoms with Crippen molar-refractivity contribution in [3.8, 4) is 0 Å². The maximum Gasteiger partial charge on any atom is 0.132 e. The summed E-state index contributed by atoms with van der Waals surface area (Å²) in [5.41, 5.74) is -0.960. The van der Waals surface area contributed by atoms with Crippen LogP contribution in [0.15, 0.2) is 18.2 Å². The van der Waals surface area contributed by atoms with E-state index in [-0.39, 0.29) is 11.6 Å².